The summed E-state index contributed by atoms with van der Waals surface area (Å²) < 4.78 is 26.7. The van der Waals surface area contributed by atoms with Crippen molar-refractivity contribution in [3.63, 3.8) is 0 Å². The van der Waals surface area contributed by atoms with Crippen LogP contribution in [0.15, 0.2) is 5.16 Å². The lowest BCUT2D eigenvalue weighted by molar-refractivity contribution is -0.237. The van der Waals surface area contributed by atoms with E-state index < -0.39 is 53.7 Å². The highest BCUT2D eigenvalue weighted by molar-refractivity contribution is 8.14. The van der Waals surface area contributed by atoms with Gasteiger partial charge in [0.15, 0.2) is 18.3 Å². The summed E-state index contributed by atoms with van der Waals surface area (Å²) in [7, 11) is 0. The third-order valence-electron chi connectivity index (χ3n) is 3.61. The summed E-state index contributed by atoms with van der Waals surface area (Å²) in [6, 6.07) is 0. The number of rotatable bonds is 7. The van der Waals surface area contributed by atoms with Gasteiger partial charge in [0.25, 0.3) is 0 Å². The minimum atomic E-state index is -1.25. The number of oxime groups is 1. The van der Waals surface area contributed by atoms with Crippen LogP contribution in [-0.4, -0.2) is 70.6 Å². The molecule has 164 valence electrons. The van der Waals surface area contributed by atoms with E-state index in [9.17, 15) is 19.2 Å². The number of carbonyl (C=O) groups is 4. The average molecular weight is 435 g/mol. The largest absolute Gasteiger partial charge is 0.463 e. The molecule has 0 aromatic rings. The Morgan fingerprint density at radius 2 is 1.41 bits per heavy atom. The third kappa shape index (κ3) is 7.89. The van der Waals surface area contributed by atoms with E-state index in [0.717, 1.165) is 32.5 Å². The van der Waals surface area contributed by atoms with Gasteiger partial charge in [-0.2, -0.15) is 0 Å². The maximum atomic E-state index is 11.7. The highest BCUT2D eigenvalue weighted by Crippen LogP contribution is 2.35. The summed E-state index contributed by atoms with van der Waals surface area (Å²) in [5.74, 6) is -2.72. The molecule has 0 spiro atoms. The highest BCUT2D eigenvalue weighted by Gasteiger charge is 2.52. The van der Waals surface area contributed by atoms with Crippen LogP contribution in [0, 0.1) is 0 Å². The molecular weight excluding hydrogens is 410 g/mol. The topological polar surface area (TPSA) is 147 Å². The first kappa shape index (κ1) is 24.7. The van der Waals surface area contributed by atoms with Gasteiger partial charge < -0.3 is 28.9 Å². The van der Waals surface area contributed by atoms with Gasteiger partial charge in [-0.05, 0) is 6.42 Å². The van der Waals surface area contributed by atoms with Gasteiger partial charge in [0.1, 0.15) is 23.2 Å². The second kappa shape index (κ2) is 11.6. The lowest BCUT2D eigenvalue weighted by atomic mass is 9.99. The lowest BCUT2D eigenvalue weighted by Gasteiger charge is -2.44. The van der Waals surface area contributed by atoms with Crippen molar-refractivity contribution in [2.45, 2.75) is 70.9 Å². The summed E-state index contributed by atoms with van der Waals surface area (Å²) in [4.78, 5) is 46.2. The monoisotopic (exact) mass is 435 g/mol. The quantitative estimate of drug-likeness (QED) is 0.152. The molecule has 1 aliphatic heterocycles. The zero-order chi connectivity index (χ0) is 22.1. The molecule has 29 heavy (non-hydrogen) atoms. The van der Waals surface area contributed by atoms with Gasteiger partial charge in [0.05, 0.1) is 0 Å². The van der Waals surface area contributed by atoms with E-state index in [2.05, 4.69) is 5.16 Å². The number of carbonyl (C=O) groups excluding carboxylic acids is 4. The molecule has 1 saturated heterocycles. The molecule has 5 atom stereocenters. The molecule has 0 radical (unpaired) electrons. The molecule has 0 aromatic carbocycles. The van der Waals surface area contributed by atoms with Gasteiger partial charge in [-0.3, -0.25) is 19.2 Å². The number of thioether (sulfide) groups is 1. The summed E-state index contributed by atoms with van der Waals surface area (Å²) in [5.41, 5.74) is -0.999. The molecule has 11 nitrogen and oxygen atoms in total. The van der Waals surface area contributed by atoms with Gasteiger partial charge in [-0.15, -0.1) is 0 Å². The lowest BCUT2D eigenvalue weighted by Crippen LogP contribution is -2.61. The third-order valence-corrected chi connectivity index (χ3v) is 4.87. The first-order valence-corrected chi connectivity index (χ1v) is 9.65. The van der Waals surface area contributed by atoms with E-state index >= 15 is 0 Å². The van der Waals surface area contributed by atoms with Crippen LogP contribution >= 0.6 is 11.8 Å². The fourth-order valence-corrected chi connectivity index (χ4v) is 3.62. The molecule has 12 heteroatoms. The molecule has 0 bridgehead atoms. The van der Waals surface area contributed by atoms with Crippen molar-refractivity contribution in [1.29, 1.82) is 0 Å². The smallest absolute Gasteiger partial charge is 0.303 e. The SMILES string of the molecule is CC/C(=N/O)S[C@@H]1OC(COC(C)=O)[C@@H](OC(C)=O)C(OC(C)=O)[C@@H]1OC(C)=O. The Labute approximate surface area is 172 Å². The van der Waals surface area contributed by atoms with Crippen molar-refractivity contribution in [3.05, 3.63) is 0 Å². The molecule has 0 aliphatic carbocycles. The van der Waals surface area contributed by atoms with E-state index in [4.69, 9.17) is 28.9 Å². The Morgan fingerprint density at radius 1 is 0.897 bits per heavy atom. The van der Waals surface area contributed by atoms with E-state index in [0.29, 0.717) is 6.42 Å². The van der Waals surface area contributed by atoms with Crippen molar-refractivity contribution < 1.29 is 48.1 Å². The Morgan fingerprint density at radius 3 is 1.86 bits per heavy atom. The van der Waals surface area contributed by atoms with Crippen LogP contribution < -0.4 is 0 Å². The average Bonchev–Trinajstić information content (AvgIpc) is 2.61. The normalized spacial score (nSPS) is 26.9. The van der Waals surface area contributed by atoms with E-state index in [1.54, 1.807) is 6.92 Å². The second-order valence-electron chi connectivity index (χ2n) is 6.03. The summed E-state index contributed by atoms with van der Waals surface area (Å²) >= 11 is 0.934. The van der Waals surface area contributed by atoms with Crippen LogP contribution in [0.3, 0.4) is 0 Å². The minimum Gasteiger partial charge on any atom is -0.463 e. The van der Waals surface area contributed by atoms with Crippen molar-refractivity contribution in [2.24, 2.45) is 5.16 Å². The number of ether oxygens (including phenoxy) is 5. The molecule has 1 N–H and O–H groups in total. The van der Waals surface area contributed by atoms with Crippen molar-refractivity contribution >= 4 is 40.7 Å². The van der Waals surface area contributed by atoms with Gasteiger partial charge in [0.2, 0.25) is 0 Å². The molecule has 1 fully saturated rings. The van der Waals surface area contributed by atoms with Gasteiger partial charge in [0, 0.05) is 27.7 Å². The van der Waals surface area contributed by atoms with Crippen LogP contribution in [0.4, 0.5) is 0 Å². The molecule has 1 rings (SSSR count). The predicted molar refractivity (Wildman–Crippen MR) is 99.1 cm³/mol. The molecule has 1 aliphatic rings. The Kier molecular flexibility index (Phi) is 9.89. The first-order chi connectivity index (χ1) is 13.6. The summed E-state index contributed by atoms with van der Waals surface area (Å²) in [6.07, 6.45) is -4.35. The van der Waals surface area contributed by atoms with Gasteiger partial charge in [-0.1, -0.05) is 23.8 Å². The maximum Gasteiger partial charge on any atom is 0.303 e. The van der Waals surface area contributed by atoms with Crippen molar-refractivity contribution in [2.75, 3.05) is 6.61 Å². The number of nitrogens with zero attached hydrogens (tertiary/aromatic N) is 1. The molecule has 1 heterocycles. The summed E-state index contributed by atoms with van der Waals surface area (Å²) in [5, 5.41) is 12.5. The number of hydrogen-bond acceptors (Lipinski definition) is 12. The second-order valence-corrected chi connectivity index (χ2v) is 7.20. The van der Waals surface area contributed by atoms with Gasteiger partial charge in [-0.25, -0.2) is 0 Å². The van der Waals surface area contributed by atoms with Crippen LogP contribution in [-0.2, 0) is 42.9 Å². The molecule has 0 amide bonds. The molecule has 0 aromatic heterocycles. The molecular formula is C17H25NO10S. The van der Waals surface area contributed by atoms with Crippen LogP contribution in [0.5, 0.6) is 0 Å². The van der Waals surface area contributed by atoms with E-state index in [1.165, 1.54) is 6.92 Å². The Hall–Kier alpha value is -2.34. The minimum absolute atomic E-state index is 0.255. The van der Waals surface area contributed by atoms with Crippen LogP contribution in [0.1, 0.15) is 41.0 Å². The van der Waals surface area contributed by atoms with Crippen molar-refractivity contribution in [1.82, 2.24) is 0 Å². The van der Waals surface area contributed by atoms with E-state index in [1.807, 2.05) is 0 Å². The first-order valence-electron chi connectivity index (χ1n) is 8.77. The fraction of sp³-hybridized carbons (Fsp3) is 0.706. The zero-order valence-electron chi connectivity index (χ0n) is 16.8. The molecule has 0 saturated carbocycles. The highest BCUT2D eigenvalue weighted by atomic mass is 32.2. The number of esters is 4. The fourth-order valence-electron chi connectivity index (χ4n) is 2.60. The zero-order valence-corrected chi connectivity index (χ0v) is 17.6. The standard InChI is InChI=1S/C17H25NO10S/c1-6-13(18-23)29-17-16(27-11(5)22)15(26-10(4)21)14(25-9(3)20)12(28-17)7-24-8(2)19/h12,14-17,23H,6-7H2,1-5H3/b18-13-/t12?,14-,15?,16+,17+/m1/s1. The molecule has 2 unspecified atom stereocenters. The van der Waals surface area contributed by atoms with E-state index in [-0.39, 0.29) is 11.7 Å². The Balaban J connectivity index is 3.35. The van der Waals surface area contributed by atoms with Crippen LogP contribution in [0.2, 0.25) is 0 Å². The Bertz CT molecular complexity index is 652. The number of hydrogen-bond donors (Lipinski definition) is 1. The predicted octanol–water partition coefficient (Wildman–Crippen LogP) is 1.00. The van der Waals surface area contributed by atoms with Gasteiger partial charge >= 0.3 is 23.9 Å². The van der Waals surface area contributed by atoms with Crippen molar-refractivity contribution in [3.8, 4) is 0 Å². The summed E-state index contributed by atoms with van der Waals surface area (Å²) in [6.45, 7) is 6.04. The van der Waals surface area contributed by atoms with Crippen LogP contribution in [0.25, 0.3) is 0 Å². The maximum absolute atomic E-state index is 11.7.